The lowest BCUT2D eigenvalue weighted by Crippen LogP contribution is -2.42. The molecular weight excluding hydrogens is 395 g/mol. The largest absolute Gasteiger partial charge is 0.473 e. The Morgan fingerprint density at radius 3 is 2.19 bits per heavy atom. The second-order valence-electron chi connectivity index (χ2n) is 6.54. The molecule has 7 nitrogen and oxygen atoms in total. The topological polar surface area (TPSA) is 107 Å². The van der Waals surface area contributed by atoms with Crippen molar-refractivity contribution >= 4 is 41.0 Å². The van der Waals surface area contributed by atoms with Gasteiger partial charge in [0.05, 0.1) is 10.0 Å². The molecule has 0 saturated carbocycles. The first-order valence-corrected chi connectivity index (χ1v) is 9.29. The van der Waals surface area contributed by atoms with Crippen LogP contribution in [-0.4, -0.2) is 52.1 Å². The molecule has 0 atom stereocenters. The van der Waals surface area contributed by atoms with Gasteiger partial charge in [0, 0.05) is 18.5 Å². The van der Waals surface area contributed by atoms with E-state index < -0.39 is 11.9 Å². The predicted molar refractivity (Wildman–Crippen MR) is 103 cm³/mol. The molecule has 2 rings (SSSR count). The quantitative estimate of drug-likeness (QED) is 0.648. The summed E-state index contributed by atoms with van der Waals surface area (Å²) in [6.07, 6.45) is 1.80. The van der Waals surface area contributed by atoms with Crippen LogP contribution in [0.2, 0.25) is 10.0 Å². The highest BCUT2D eigenvalue weighted by atomic mass is 35.5. The summed E-state index contributed by atoms with van der Waals surface area (Å²) in [5.41, 5.74) is 1.05. The van der Waals surface area contributed by atoms with Crippen LogP contribution in [0.3, 0.4) is 0 Å². The van der Waals surface area contributed by atoms with Crippen molar-refractivity contribution in [2.75, 3.05) is 13.1 Å². The number of benzene rings is 1. The first-order valence-electron chi connectivity index (χ1n) is 8.53. The van der Waals surface area contributed by atoms with Crippen molar-refractivity contribution in [2.24, 2.45) is 5.92 Å². The third-order valence-corrected chi connectivity index (χ3v) is 4.86. The monoisotopic (exact) mass is 418 g/mol. The standard InChI is InChI=1S/C16H22Cl2N2O.C2H2O4/c1-11(2)19-16(21)12-6-8-20(9-7-12)10-13-4-3-5-14(17)15(13)18;3-1(4)2(5)6/h3-5,11-12H,6-10H2,1-2H3,(H,19,21);(H,3,4)(H,5,6). The summed E-state index contributed by atoms with van der Waals surface area (Å²) in [6, 6.07) is 5.94. The first-order chi connectivity index (χ1) is 12.6. The summed E-state index contributed by atoms with van der Waals surface area (Å²) in [5, 5.41) is 19.0. The molecule has 9 heteroatoms. The highest BCUT2D eigenvalue weighted by Crippen LogP contribution is 2.28. The van der Waals surface area contributed by atoms with Gasteiger partial charge in [-0.05, 0) is 51.4 Å². The Bertz CT molecular complexity index is 662. The van der Waals surface area contributed by atoms with Crippen LogP contribution in [0.25, 0.3) is 0 Å². The maximum absolute atomic E-state index is 12.0. The van der Waals surface area contributed by atoms with Gasteiger partial charge in [-0.2, -0.15) is 0 Å². The number of carboxylic acids is 2. The number of halogens is 2. The van der Waals surface area contributed by atoms with E-state index in [-0.39, 0.29) is 17.9 Å². The third-order valence-electron chi connectivity index (χ3n) is 4.00. The Morgan fingerprint density at radius 1 is 1.15 bits per heavy atom. The van der Waals surface area contributed by atoms with Gasteiger partial charge in [0.1, 0.15) is 0 Å². The zero-order valence-electron chi connectivity index (χ0n) is 15.2. The number of aliphatic carboxylic acids is 2. The van der Waals surface area contributed by atoms with E-state index in [1.54, 1.807) is 6.07 Å². The number of amides is 1. The molecule has 1 aromatic rings. The number of nitrogens with zero attached hydrogens (tertiary/aromatic N) is 1. The number of piperidine rings is 1. The molecule has 1 heterocycles. The van der Waals surface area contributed by atoms with Crippen LogP contribution in [0, 0.1) is 5.92 Å². The lowest BCUT2D eigenvalue weighted by Gasteiger charge is -2.31. The summed E-state index contributed by atoms with van der Waals surface area (Å²) >= 11 is 12.3. The van der Waals surface area contributed by atoms with Gasteiger partial charge >= 0.3 is 11.9 Å². The first kappa shape index (κ1) is 23.2. The third kappa shape index (κ3) is 8.15. The van der Waals surface area contributed by atoms with Crippen LogP contribution >= 0.6 is 23.2 Å². The second-order valence-corrected chi connectivity index (χ2v) is 7.32. The highest BCUT2D eigenvalue weighted by molar-refractivity contribution is 6.42. The summed E-state index contributed by atoms with van der Waals surface area (Å²) in [4.78, 5) is 32.5. The molecule has 0 radical (unpaired) electrons. The number of hydrogen-bond donors (Lipinski definition) is 3. The Labute approximate surface area is 168 Å². The summed E-state index contributed by atoms with van der Waals surface area (Å²) < 4.78 is 0. The van der Waals surface area contributed by atoms with E-state index in [9.17, 15) is 4.79 Å². The fourth-order valence-electron chi connectivity index (χ4n) is 2.67. The van der Waals surface area contributed by atoms with Gasteiger partial charge in [0.25, 0.3) is 0 Å². The summed E-state index contributed by atoms with van der Waals surface area (Å²) in [6.45, 7) is 6.61. The number of carboxylic acid groups (broad SMARTS) is 2. The van der Waals surface area contributed by atoms with Gasteiger partial charge in [-0.1, -0.05) is 35.3 Å². The molecule has 1 aliphatic heterocycles. The zero-order chi connectivity index (χ0) is 20.6. The van der Waals surface area contributed by atoms with Crippen molar-refractivity contribution in [3.05, 3.63) is 33.8 Å². The Hall–Kier alpha value is -1.83. The molecule has 0 spiro atoms. The molecule has 150 valence electrons. The minimum atomic E-state index is -1.82. The fraction of sp³-hybridized carbons (Fsp3) is 0.500. The lowest BCUT2D eigenvalue weighted by atomic mass is 9.95. The molecule has 0 aromatic heterocycles. The second kappa shape index (κ2) is 11.1. The lowest BCUT2D eigenvalue weighted by molar-refractivity contribution is -0.159. The Kier molecular flexibility index (Phi) is 9.55. The molecule has 1 aromatic carbocycles. The van der Waals surface area contributed by atoms with Crippen LogP contribution < -0.4 is 5.32 Å². The van der Waals surface area contributed by atoms with Gasteiger partial charge < -0.3 is 15.5 Å². The fourth-order valence-corrected chi connectivity index (χ4v) is 3.05. The number of likely N-dealkylation sites (tertiary alicyclic amines) is 1. The van der Waals surface area contributed by atoms with Crippen molar-refractivity contribution in [1.82, 2.24) is 10.2 Å². The smallest absolute Gasteiger partial charge is 0.414 e. The molecule has 27 heavy (non-hydrogen) atoms. The Balaban J connectivity index is 0.000000527. The number of carbonyl (C=O) groups is 3. The van der Waals surface area contributed by atoms with E-state index in [1.807, 2.05) is 26.0 Å². The van der Waals surface area contributed by atoms with Crippen LogP contribution in [-0.2, 0) is 20.9 Å². The molecule has 1 saturated heterocycles. The molecule has 3 N–H and O–H groups in total. The normalized spacial score (nSPS) is 15.0. The average Bonchev–Trinajstić information content (AvgIpc) is 2.59. The minimum absolute atomic E-state index is 0.137. The van der Waals surface area contributed by atoms with Crippen molar-refractivity contribution < 1.29 is 24.6 Å². The van der Waals surface area contributed by atoms with E-state index in [1.165, 1.54) is 0 Å². The highest BCUT2D eigenvalue weighted by Gasteiger charge is 2.25. The minimum Gasteiger partial charge on any atom is -0.473 e. The number of carbonyl (C=O) groups excluding carboxylic acids is 1. The molecular formula is C18H24Cl2N2O5. The van der Waals surface area contributed by atoms with E-state index >= 15 is 0 Å². The van der Waals surface area contributed by atoms with Crippen molar-refractivity contribution in [2.45, 2.75) is 39.3 Å². The van der Waals surface area contributed by atoms with E-state index in [0.29, 0.717) is 10.0 Å². The maximum atomic E-state index is 12.0. The predicted octanol–water partition coefficient (Wildman–Crippen LogP) is 2.89. The summed E-state index contributed by atoms with van der Waals surface area (Å²) in [5.74, 6) is -3.33. The van der Waals surface area contributed by atoms with Gasteiger partial charge in [-0.15, -0.1) is 0 Å². The van der Waals surface area contributed by atoms with Crippen LogP contribution in [0.1, 0.15) is 32.3 Å². The van der Waals surface area contributed by atoms with Gasteiger partial charge in [0.15, 0.2) is 0 Å². The SMILES string of the molecule is CC(C)NC(=O)C1CCN(Cc2cccc(Cl)c2Cl)CC1.O=C(O)C(=O)O. The number of nitrogens with one attached hydrogen (secondary N) is 1. The average molecular weight is 419 g/mol. The van der Waals surface area contributed by atoms with Gasteiger partial charge in [-0.25, -0.2) is 9.59 Å². The van der Waals surface area contributed by atoms with E-state index in [0.717, 1.165) is 38.0 Å². The maximum Gasteiger partial charge on any atom is 0.414 e. The van der Waals surface area contributed by atoms with E-state index in [4.69, 9.17) is 43.0 Å². The number of rotatable bonds is 4. The molecule has 0 aliphatic carbocycles. The molecule has 1 fully saturated rings. The van der Waals surface area contributed by atoms with Crippen molar-refractivity contribution in [3.8, 4) is 0 Å². The molecule has 0 unspecified atom stereocenters. The molecule has 1 aliphatic rings. The zero-order valence-corrected chi connectivity index (χ0v) is 16.8. The van der Waals surface area contributed by atoms with Crippen molar-refractivity contribution in [1.29, 1.82) is 0 Å². The number of hydrogen-bond acceptors (Lipinski definition) is 4. The summed E-state index contributed by atoms with van der Waals surface area (Å²) in [7, 11) is 0. The Morgan fingerprint density at radius 2 is 1.70 bits per heavy atom. The van der Waals surface area contributed by atoms with Crippen LogP contribution in [0.4, 0.5) is 0 Å². The van der Waals surface area contributed by atoms with Crippen LogP contribution in [0.15, 0.2) is 18.2 Å². The van der Waals surface area contributed by atoms with Gasteiger partial charge in [0.2, 0.25) is 5.91 Å². The molecule has 1 amide bonds. The molecule has 0 bridgehead atoms. The van der Waals surface area contributed by atoms with E-state index in [2.05, 4.69) is 10.2 Å². The van der Waals surface area contributed by atoms with Crippen molar-refractivity contribution in [3.63, 3.8) is 0 Å². The van der Waals surface area contributed by atoms with Gasteiger partial charge in [-0.3, -0.25) is 9.69 Å². The van der Waals surface area contributed by atoms with Crippen LogP contribution in [0.5, 0.6) is 0 Å².